The Balaban J connectivity index is 1.55. The number of aryl methyl sites for hydroxylation is 1. The monoisotopic (exact) mass is 515 g/mol. The van der Waals surface area contributed by atoms with Crippen LogP contribution < -0.4 is 5.43 Å². The van der Waals surface area contributed by atoms with E-state index in [0.717, 1.165) is 22.4 Å². The van der Waals surface area contributed by atoms with E-state index >= 15 is 0 Å². The van der Waals surface area contributed by atoms with Crippen LogP contribution in [0.5, 0.6) is 0 Å². The van der Waals surface area contributed by atoms with Crippen LogP contribution in [0.4, 0.5) is 4.39 Å². The third-order valence-electron chi connectivity index (χ3n) is 5.88. The van der Waals surface area contributed by atoms with Gasteiger partial charge in [0.1, 0.15) is 5.82 Å². The molecule has 8 heteroatoms. The summed E-state index contributed by atoms with van der Waals surface area (Å²) in [6.07, 6.45) is 0. The fourth-order valence-electron chi connectivity index (χ4n) is 3.66. The van der Waals surface area contributed by atoms with E-state index in [-0.39, 0.29) is 22.9 Å². The molecule has 0 unspecified atom stereocenters. The molecular formula is C29H30FN5OS. The van der Waals surface area contributed by atoms with E-state index < -0.39 is 0 Å². The highest BCUT2D eigenvalue weighted by atomic mass is 32.2. The van der Waals surface area contributed by atoms with Gasteiger partial charge in [0.15, 0.2) is 11.0 Å². The summed E-state index contributed by atoms with van der Waals surface area (Å²) < 4.78 is 15.1. The maximum atomic E-state index is 13.2. The number of nitrogens with one attached hydrogen (secondary N) is 1. The van der Waals surface area contributed by atoms with Gasteiger partial charge in [-0.05, 0) is 54.7 Å². The highest BCUT2D eigenvalue weighted by molar-refractivity contribution is 7.99. The van der Waals surface area contributed by atoms with Gasteiger partial charge in [0.2, 0.25) is 0 Å². The van der Waals surface area contributed by atoms with Gasteiger partial charge in [0.05, 0.1) is 11.5 Å². The van der Waals surface area contributed by atoms with E-state index in [1.807, 2.05) is 35.8 Å². The number of benzene rings is 3. The van der Waals surface area contributed by atoms with Crippen molar-refractivity contribution in [2.24, 2.45) is 5.10 Å². The second-order valence-corrected chi connectivity index (χ2v) is 10.8. The summed E-state index contributed by atoms with van der Waals surface area (Å²) in [6.45, 7) is 10.3. The topological polar surface area (TPSA) is 72.2 Å². The van der Waals surface area contributed by atoms with Crippen LogP contribution in [0, 0.1) is 12.7 Å². The molecule has 0 fully saturated rings. The van der Waals surface area contributed by atoms with Gasteiger partial charge < -0.3 is 0 Å². The standard InChI is InChI=1S/C29H30FN5OS/c1-19-6-16-25(17-7-19)35-27(22-8-12-23(13-9-22)29(3,4)5)33-34-28(35)37-18-26(36)32-31-20(2)21-10-14-24(30)15-11-21/h6-17H,18H2,1-5H3,(H,32,36). The molecule has 0 saturated heterocycles. The first kappa shape index (κ1) is 26.3. The number of carbonyl (C=O) groups excluding carboxylic acids is 1. The molecule has 0 aliphatic rings. The average Bonchev–Trinajstić information content (AvgIpc) is 3.30. The molecule has 0 aliphatic carbocycles. The Morgan fingerprint density at radius 2 is 1.62 bits per heavy atom. The minimum absolute atomic E-state index is 0.0507. The van der Waals surface area contributed by atoms with Crippen LogP contribution >= 0.6 is 11.8 Å². The minimum atomic E-state index is -0.320. The Kier molecular flexibility index (Phi) is 7.88. The molecule has 4 rings (SSSR count). The molecule has 6 nitrogen and oxygen atoms in total. The quantitative estimate of drug-likeness (QED) is 0.178. The third-order valence-corrected chi connectivity index (χ3v) is 6.81. The first-order valence-electron chi connectivity index (χ1n) is 12.0. The van der Waals surface area contributed by atoms with Crippen molar-refractivity contribution in [3.8, 4) is 17.1 Å². The fourth-order valence-corrected chi connectivity index (χ4v) is 4.40. The Morgan fingerprint density at radius 1 is 0.973 bits per heavy atom. The lowest BCUT2D eigenvalue weighted by molar-refractivity contribution is -0.118. The summed E-state index contributed by atoms with van der Waals surface area (Å²) in [5, 5.41) is 13.6. The van der Waals surface area contributed by atoms with Gasteiger partial charge in [0.25, 0.3) is 5.91 Å². The van der Waals surface area contributed by atoms with E-state index in [4.69, 9.17) is 0 Å². The SMILES string of the molecule is CC(=NNC(=O)CSc1nnc(-c2ccc(C(C)(C)C)cc2)n1-c1ccc(C)cc1)c1ccc(F)cc1. The lowest BCUT2D eigenvalue weighted by Crippen LogP contribution is -2.21. The van der Waals surface area contributed by atoms with Crippen LogP contribution in [0.15, 0.2) is 83.1 Å². The van der Waals surface area contributed by atoms with Crippen molar-refractivity contribution in [2.75, 3.05) is 5.75 Å². The summed E-state index contributed by atoms with van der Waals surface area (Å²) in [7, 11) is 0. The Hall–Kier alpha value is -3.78. The van der Waals surface area contributed by atoms with Crippen molar-refractivity contribution in [3.63, 3.8) is 0 Å². The van der Waals surface area contributed by atoms with E-state index in [2.05, 4.69) is 65.8 Å². The molecule has 1 amide bonds. The second kappa shape index (κ2) is 11.1. The minimum Gasteiger partial charge on any atom is -0.272 e. The van der Waals surface area contributed by atoms with Crippen molar-refractivity contribution >= 4 is 23.4 Å². The molecule has 0 aliphatic heterocycles. The number of aromatic nitrogens is 3. The van der Waals surface area contributed by atoms with Gasteiger partial charge in [-0.15, -0.1) is 10.2 Å². The average molecular weight is 516 g/mol. The molecule has 1 aromatic heterocycles. The third kappa shape index (κ3) is 6.51. The van der Waals surface area contributed by atoms with Gasteiger partial charge in [-0.1, -0.05) is 86.6 Å². The van der Waals surface area contributed by atoms with Gasteiger partial charge in [-0.2, -0.15) is 5.10 Å². The summed E-state index contributed by atoms with van der Waals surface area (Å²) in [4.78, 5) is 12.6. The smallest absolute Gasteiger partial charge is 0.250 e. The largest absolute Gasteiger partial charge is 0.272 e. The normalized spacial score (nSPS) is 12.0. The Morgan fingerprint density at radius 3 is 2.24 bits per heavy atom. The van der Waals surface area contributed by atoms with E-state index in [1.165, 1.54) is 29.5 Å². The van der Waals surface area contributed by atoms with Crippen molar-refractivity contribution in [3.05, 3.63) is 95.3 Å². The number of amides is 1. The number of rotatable bonds is 7. The van der Waals surface area contributed by atoms with Crippen LogP contribution in [-0.4, -0.2) is 32.1 Å². The van der Waals surface area contributed by atoms with Crippen molar-refractivity contribution in [1.29, 1.82) is 0 Å². The second-order valence-electron chi connectivity index (χ2n) is 9.83. The van der Waals surface area contributed by atoms with E-state index in [1.54, 1.807) is 19.1 Å². The van der Waals surface area contributed by atoms with Crippen LogP contribution in [0.3, 0.4) is 0 Å². The number of hydrazone groups is 1. The molecule has 3 aromatic carbocycles. The van der Waals surface area contributed by atoms with Crippen LogP contribution in [0.2, 0.25) is 0 Å². The molecule has 37 heavy (non-hydrogen) atoms. The molecule has 0 atom stereocenters. The molecule has 0 bridgehead atoms. The number of hydrogen-bond donors (Lipinski definition) is 1. The Bertz CT molecular complexity index is 1400. The molecule has 0 saturated carbocycles. The zero-order valence-corrected chi connectivity index (χ0v) is 22.4. The predicted molar refractivity (Wildman–Crippen MR) is 148 cm³/mol. The number of carbonyl (C=O) groups is 1. The zero-order valence-electron chi connectivity index (χ0n) is 21.6. The van der Waals surface area contributed by atoms with Crippen molar-refractivity contribution < 1.29 is 9.18 Å². The lowest BCUT2D eigenvalue weighted by Gasteiger charge is -2.19. The Labute approximate surface area is 221 Å². The maximum Gasteiger partial charge on any atom is 0.250 e. The predicted octanol–water partition coefficient (Wildman–Crippen LogP) is 6.31. The fraction of sp³-hybridized carbons (Fsp3) is 0.241. The summed E-state index contributed by atoms with van der Waals surface area (Å²) >= 11 is 1.28. The molecule has 190 valence electrons. The zero-order chi connectivity index (χ0) is 26.6. The van der Waals surface area contributed by atoms with Crippen molar-refractivity contribution in [2.45, 2.75) is 45.2 Å². The summed E-state index contributed by atoms with van der Waals surface area (Å²) in [5.41, 5.74) is 8.18. The molecule has 1 heterocycles. The van der Waals surface area contributed by atoms with Crippen molar-refractivity contribution in [1.82, 2.24) is 20.2 Å². The number of halogens is 1. The molecule has 0 spiro atoms. The number of thioether (sulfide) groups is 1. The highest BCUT2D eigenvalue weighted by Gasteiger charge is 2.19. The molecule has 0 radical (unpaired) electrons. The van der Waals surface area contributed by atoms with E-state index in [0.29, 0.717) is 16.7 Å². The van der Waals surface area contributed by atoms with Crippen LogP contribution in [-0.2, 0) is 10.2 Å². The van der Waals surface area contributed by atoms with Crippen LogP contribution in [0.1, 0.15) is 44.4 Å². The van der Waals surface area contributed by atoms with Gasteiger partial charge in [0, 0.05) is 11.3 Å². The lowest BCUT2D eigenvalue weighted by atomic mass is 9.87. The van der Waals surface area contributed by atoms with E-state index in [9.17, 15) is 9.18 Å². The first-order chi connectivity index (χ1) is 17.6. The van der Waals surface area contributed by atoms with Gasteiger partial charge in [-0.3, -0.25) is 9.36 Å². The van der Waals surface area contributed by atoms with Gasteiger partial charge in [-0.25, -0.2) is 9.82 Å². The number of hydrogen-bond acceptors (Lipinski definition) is 5. The summed E-state index contributed by atoms with van der Waals surface area (Å²) in [5.74, 6) is 0.213. The van der Waals surface area contributed by atoms with Crippen LogP contribution in [0.25, 0.3) is 17.1 Å². The maximum absolute atomic E-state index is 13.2. The first-order valence-corrected chi connectivity index (χ1v) is 13.0. The number of nitrogens with zero attached hydrogens (tertiary/aromatic N) is 4. The highest BCUT2D eigenvalue weighted by Crippen LogP contribution is 2.30. The molecule has 4 aromatic rings. The molecule has 1 N–H and O–H groups in total. The molecular weight excluding hydrogens is 485 g/mol. The summed E-state index contributed by atoms with van der Waals surface area (Å²) in [6, 6.07) is 22.4. The van der Waals surface area contributed by atoms with Gasteiger partial charge >= 0.3 is 0 Å².